The molecule has 0 aromatic heterocycles. The molecule has 1 N–H and O–H groups in total. The van der Waals surface area contributed by atoms with E-state index in [4.69, 9.17) is 6.42 Å². The zero-order valence-electron chi connectivity index (χ0n) is 15.7. The van der Waals surface area contributed by atoms with Crippen LogP contribution in [0.1, 0.15) is 73.1 Å². The van der Waals surface area contributed by atoms with Gasteiger partial charge in [-0.3, -0.25) is 0 Å². The maximum absolute atomic E-state index is 9.36. The largest absolute Gasteiger partial charge is 0.377 e. The Morgan fingerprint density at radius 2 is 1.26 bits per heavy atom. The van der Waals surface area contributed by atoms with Gasteiger partial charge < -0.3 is 5.11 Å². The summed E-state index contributed by atoms with van der Waals surface area (Å²) in [5.41, 5.74) is 5.46. The van der Waals surface area contributed by atoms with Crippen LogP contribution >= 0.6 is 0 Å². The van der Waals surface area contributed by atoms with Crippen molar-refractivity contribution in [2.45, 2.75) is 79.2 Å². The van der Waals surface area contributed by atoms with Gasteiger partial charge in [0, 0.05) is 0 Å². The summed E-state index contributed by atoms with van der Waals surface area (Å²) in [5, 5.41) is 9.36. The number of allylic oxidation sites excluding steroid dienone is 7. The Morgan fingerprint density at radius 3 is 1.70 bits per heavy atom. The molecule has 128 valence electrons. The first-order valence-electron chi connectivity index (χ1n) is 8.61. The van der Waals surface area contributed by atoms with E-state index in [9.17, 15) is 5.11 Å². The van der Waals surface area contributed by atoms with Gasteiger partial charge in [0.2, 0.25) is 0 Å². The Hall–Kier alpha value is -1.52. The van der Waals surface area contributed by atoms with Crippen molar-refractivity contribution in [3.63, 3.8) is 0 Å². The van der Waals surface area contributed by atoms with E-state index in [0.29, 0.717) is 0 Å². The number of aliphatic hydroxyl groups is 1. The van der Waals surface area contributed by atoms with Gasteiger partial charge in [-0.25, -0.2) is 0 Å². The van der Waals surface area contributed by atoms with Gasteiger partial charge in [0.25, 0.3) is 0 Å². The molecule has 0 heterocycles. The quantitative estimate of drug-likeness (QED) is 0.380. The fourth-order valence-electron chi connectivity index (χ4n) is 2.29. The molecule has 0 aromatic carbocycles. The normalized spacial score (nSPS) is 14.4. The van der Waals surface area contributed by atoms with Crippen LogP contribution in [0.25, 0.3) is 0 Å². The molecule has 0 spiro atoms. The maximum atomic E-state index is 9.36. The van der Waals surface area contributed by atoms with Gasteiger partial charge in [-0.1, -0.05) is 46.4 Å². The molecule has 0 rings (SSSR count). The predicted molar refractivity (Wildman–Crippen MR) is 103 cm³/mol. The molecule has 0 bridgehead atoms. The fraction of sp³-hybridized carbons (Fsp3) is 0.545. The molecule has 1 unspecified atom stereocenters. The van der Waals surface area contributed by atoms with Crippen molar-refractivity contribution in [3.8, 4) is 12.3 Å². The third-order valence-corrected chi connectivity index (χ3v) is 3.77. The van der Waals surface area contributed by atoms with Crippen LogP contribution in [0.4, 0.5) is 0 Å². The lowest BCUT2D eigenvalue weighted by atomic mass is 10.0. The number of hydrogen-bond donors (Lipinski definition) is 1. The van der Waals surface area contributed by atoms with Crippen molar-refractivity contribution in [1.82, 2.24) is 0 Å². The molecular weight excluding hydrogens is 280 g/mol. The van der Waals surface area contributed by atoms with Gasteiger partial charge in [-0.15, -0.1) is 6.42 Å². The summed E-state index contributed by atoms with van der Waals surface area (Å²) in [6.07, 6.45) is 19.6. The summed E-state index contributed by atoms with van der Waals surface area (Å²) in [6, 6.07) is 0. The lowest BCUT2D eigenvalue weighted by Gasteiger charge is -2.03. The first-order chi connectivity index (χ1) is 10.8. The van der Waals surface area contributed by atoms with Crippen LogP contribution in [-0.2, 0) is 0 Å². The van der Waals surface area contributed by atoms with Crippen LogP contribution in [0.3, 0.4) is 0 Å². The second-order valence-electron chi connectivity index (χ2n) is 6.62. The smallest absolute Gasteiger partial charge is 0.133 e. The average Bonchev–Trinajstić information content (AvgIpc) is 2.46. The first-order valence-corrected chi connectivity index (χ1v) is 8.61. The number of terminal acetylenes is 1. The molecule has 0 aliphatic heterocycles. The van der Waals surface area contributed by atoms with Gasteiger partial charge in [-0.05, 0) is 79.2 Å². The molecule has 0 fully saturated rings. The molecule has 0 aliphatic carbocycles. The molecule has 0 amide bonds. The Kier molecular flexibility index (Phi) is 12.1. The highest BCUT2D eigenvalue weighted by molar-refractivity contribution is 5.13. The van der Waals surface area contributed by atoms with E-state index >= 15 is 0 Å². The molecule has 1 nitrogen and oxygen atoms in total. The van der Waals surface area contributed by atoms with Gasteiger partial charge in [0.05, 0.1) is 0 Å². The van der Waals surface area contributed by atoms with Crippen molar-refractivity contribution < 1.29 is 5.11 Å². The van der Waals surface area contributed by atoms with Gasteiger partial charge in [0.15, 0.2) is 0 Å². The minimum Gasteiger partial charge on any atom is -0.377 e. The van der Waals surface area contributed by atoms with Gasteiger partial charge in [0.1, 0.15) is 6.10 Å². The minimum atomic E-state index is -0.750. The fourth-order valence-corrected chi connectivity index (χ4v) is 2.29. The summed E-state index contributed by atoms with van der Waals surface area (Å²) in [5.74, 6) is 2.31. The van der Waals surface area contributed by atoms with Crippen LogP contribution in [0.5, 0.6) is 0 Å². The highest BCUT2D eigenvalue weighted by Crippen LogP contribution is 2.13. The predicted octanol–water partition coefficient (Wildman–Crippen LogP) is 6.13. The number of rotatable bonds is 10. The summed E-state index contributed by atoms with van der Waals surface area (Å²) in [7, 11) is 0. The van der Waals surface area contributed by atoms with Gasteiger partial charge in [-0.2, -0.15) is 0 Å². The molecule has 0 saturated carbocycles. The molecule has 0 radical (unpaired) electrons. The molecule has 0 aromatic rings. The van der Waals surface area contributed by atoms with Crippen LogP contribution < -0.4 is 0 Å². The van der Waals surface area contributed by atoms with Gasteiger partial charge >= 0.3 is 0 Å². The monoisotopic (exact) mass is 314 g/mol. The van der Waals surface area contributed by atoms with E-state index in [-0.39, 0.29) is 0 Å². The standard InChI is InChI=1S/C22H34O/c1-7-22(23)17-21(6)16-10-15-20(5)14-9-13-19(4)12-8-11-18(2)3/h1,11,13,15,17,22-23H,8-10,12,14,16H2,2-6H3/b19-13+,20-15+,21-17+. The lowest BCUT2D eigenvalue weighted by molar-refractivity contribution is 0.279. The number of hydrogen-bond acceptors (Lipinski definition) is 1. The summed E-state index contributed by atoms with van der Waals surface area (Å²) in [6.45, 7) is 10.7. The SMILES string of the molecule is C#CC(O)/C=C(\C)CC/C=C(\C)CC/C=C(\C)CCC=C(C)C. The Bertz CT molecular complexity index is 491. The lowest BCUT2D eigenvalue weighted by Crippen LogP contribution is -1.97. The summed E-state index contributed by atoms with van der Waals surface area (Å²) >= 11 is 0. The van der Waals surface area contributed by atoms with Crippen molar-refractivity contribution in [2.75, 3.05) is 0 Å². The Labute approximate surface area is 143 Å². The highest BCUT2D eigenvalue weighted by atomic mass is 16.3. The van der Waals surface area contributed by atoms with Crippen molar-refractivity contribution in [1.29, 1.82) is 0 Å². The van der Waals surface area contributed by atoms with E-state index in [1.165, 1.54) is 16.7 Å². The second kappa shape index (κ2) is 13.0. The van der Waals surface area contributed by atoms with Crippen LogP contribution in [-0.4, -0.2) is 11.2 Å². The zero-order chi connectivity index (χ0) is 17.7. The van der Waals surface area contributed by atoms with Crippen LogP contribution in [0.15, 0.2) is 46.6 Å². The van der Waals surface area contributed by atoms with Crippen molar-refractivity contribution >= 4 is 0 Å². The maximum Gasteiger partial charge on any atom is 0.133 e. The van der Waals surface area contributed by atoms with Crippen molar-refractivity contribution in [3.05, 3.63) is 46.6 Å². The van der Waals surface area contributed by atoms with E-state index in [1.807, 2.05) is 6.92 Å². The van der Waals surface area contributed by atoms with Crippen molar-refractivity contribution in [2.24, 2.45) is 0 Å². The average molecular weight is 315 g/mol. The topological polar surface area (TPSA) is 20.2 Å². The van der Waals surface area contributed by atoms with E-state index in [1.54, 1.807) is 6.08 Å². The molecule has 1 atom stereocenters. The molecule has 0 saturated heterocycles. The molecule has 1 heteroatoms. The third-order valence-electron chi connectivity index (χ3n) is 3.77. The van der Waals surface area contributed by atoms with E-state index in [0.717, 1.165) is 44.1 Å². The number of aliphatic hydroxyl groups excluding tert-OH is 1. The van der Waals surface area contributed by atoms with Crippen LogP contribution in [0.2, 0.25) is 0 Å². The minimum absolute atomic E-state index is 0.750. The molecule has 23 heavy (non-hydrogen) atoms. The third kappa shape index (κ3) is 13.8. The summed E-state index contributed by atoms with van der Waals surface area (Å²) in [4.78, 5) is 0. The zero-order valence-corrected chi connectivity index (χ0v) is 15.7. The second-order valence-corrected chi connectivity index (χ2v) is 6.62. The highest BCUT2D eigenvalue weighted by Gasteiger charge is 1.96. The van der Waals surface area contributed by atoms with E-state index in [2.05, 4.69) is 51.8 Å². The van der Waals surface area contributed by atoms with E-state index < -0.39 is 6.10 Å². The summed E-state index contributed by atoms with van der Waals surface area (Å²) < 4.78 is 0. The Morgan fingerprint density at radius 1 is 0.826 bits per heavy atom. The van der Waals surface area contributed by atoms with Crippen LogP contribution in [0, 0.1) is 12.3 Å². The molecular formula is C22H34O. The first kappa shape index (κ1) is 21.5. The molecule has 0 aliphatic rings. The Balaban J connectivity index is 4.05.